The molecule has 0 fully saturated rings. The van der Waals surface area contributed by atoms with Gasteiger partial charge in [0.1, 0.15) is 5.82 Å². The number of hydrogen-bond acceptors (Lipinski definition) is 4. The zero-order valence-corrected chi connectivity index (χ0v) is 11.0. The molecule has 0 saturated heterocycles. The standard InChI is InChI=1S/C13H11ClFN3O/c1-8(3-2-6-16)13-17-12(18-19-13)10-5-4-9(15)7-11(10)14/h4-5,7-8H,2-3H2,1H3. The third-order valence-electron chi connectivity index (χ3n) is 2.72. The first-order valence-corrected chi connectivity index (χ1v) is 6.15. The van der Waals surface area contributed by atoms with Crippen molar-refractivity contribution in [1.29, 1.82) is 5.26 Å². The normalized spacial score (nSPS) is 12.1. The highest BCUT2D eigenvalue weighted by Gasteiger charge is 2.16. The molecule has 19 heavy (non-hydrogen) atoms. The van der Waals surface area contributed by atoms with E-state index in [0.29, 0.717) is 30.1 Å². The van der Waals surface area contributed by atoms with Crippen molar-refractivity contribution in [3.63, 3.8) is 0 Å². The van der Waals surface area contributed by atoms with Crippen LogP contribution >= 0.6 is 11.6 Å². The second-order valence-corrected chi connectivity index (χ2v) is 4.59. The van der Waals surface area contributed by atoms with Crippen LogP contribution in [0.5, 0.6) is 0 Å². The van der Waals surface area contributed by atoms with Gasteiger partial charge in [0.2, 0.25) is 11.7 Å². The van der Waals surface area contributed by atoms with Crippen molar-refractivity contribution in [3.8, 4) is 17.5 Å². The van der Waals surface area contributed by atoms with Gasteiger partial charge in [-0.3, -0.25) is 0 Å². The largest absolute Gasteiger partial charge is 0.339 e. The lowest BCUT2D eigenvalue weighted by molar-refractivity contribution is 0.355. The van der Waals surface area contributed by atoms with E-state index in [0.717, 1.165) is 0 Å². The lowest BCUT2D eigenvalue weighted by Gasteiger charge is -2.01. The summed E-state index contributed by atoms with van der Waals surface area (Å²) in [4.78, 5) is 4.23. The van der Waals surface area contributed by atoms with Crippen LogP contribution in [0, 0.1) is 17.1 Å². The average Bonchev–Trinajstić information content (AvgIpc) is 2.85. The molecule has 0 spiro atoms. The summed E-state index contributed by atoms with van der Waals surface area (Å²) in [5.41, 5.74) is 0.519. The summed E-state index contributed by atoms with van der Waals surface area (Å²) in [6.45, 7) is 1.90. The van der Waals surface area contributed by atoms with E-state index >= 15 is 0 Å². The Morgan fingerprint density at radius 3 is 3.00 bits per heavy atom. The molecule has 2 aromatic rings. The van der Waals surface area contributed by atoms with Gasteiger partial charge >= 0.3 is 0 Å². The van der Waals surface area contributed by atoms with Crippen molar-refractivity contribution in [3.05, 3.63) is 34.9 Å². The third-order valence-corrected chi connectivity index (χ3v) is 3.04. The number of halogens is 2. The molecule has 1 aromatic carbocycles. The topological polar surface area (TPSA) is 62.7 Å². The molecule has 98 valence electrons. The van der Waals surface area contributed by atoms with Crippen LogP contribution in [-0.2, 0) is 0 Å². The molecule has 0 bridgehead atoms. The number of nitriles is 1. The van der Waals surface area contributed by atoms with Gasteiger partial charge in [-0.25, -0.2) is 4.39 Å². The molecule has 0 aliphatic rings. The van der Waals surface area contributed by atoms with E-state index in [9.17, 15) is 4.39 Å². The summed E-state index contributed by atoms with van der Waals surface area (Å²) in [7, 11) is 0. The fraction of sp³-hybridized carbons (Fsp3) is 0.308. The maximum absolute atomic E-state index is 13.0. The smallest absolute Gasteiger partial charge is 0.229 e. The summed E-state index contributed by atoms with van der Waals surface area (Å²) in [6, 6.07) is 6.06. The molecule has 2 rings (SSSR count). The molecule has 4 nitrogen and oxygen atoms in total. The van der Waals surface area contributed by atoms with Gasteiger partial charge in [0, 0.05) is 17.9 Å². The summed E-state index contributed by atoms with van der Waals surface area (Å²) in [6.07, 6.45) is 1.07. The van der Waals surface area contributed by atoms with Gasteiger partial charge in [-0.1, -0.05) is 23.7 Å². The van der Waals surface area contributed by atoms with Crippen molar-refractivity contribution in [1.82, 2.24) is 10.1 Å². The molecule has 1 unspecified atom stereocenters. The third kappa shape index (κ3) is 3.09. The van der Waals surface area contributed by atoms with E-state index in [-0.39, 0.29) is 10.9 Å². The Labute approximate surface area is 114 Å². The number of nitrogens with zero attached hydrogens (tertiary/aromatic N) is 3. The van der Waals surface area contributed by atoms with Crippen LogP contribution in [0.1, 0.15) is 31.6 Å². The van der Waals surface area contributed by atoms with Crippen LogP contribution in [0.15, 0.2) is 22.7 Å². The molecule has 1 aromatic heterocycles. The van der Waals surface area contributed by atoms with Crippen LogP contribution in [0.3, 0.4) is 0 Å². The number of benzene rings is 1. The Hall–Kier alpha value is -1.93. The summed E-state index contributed by atoms with van der Waals surface area (Å²) in [5, 5.41) is 12.6. The van der Waals surface area contributed by atoms with Gasteiger partial charge < -0.3 is 4.52 Å². The van der Waals surface area contributed by atoms with Crippen molar-refractivity contribution in [2.45, 2.75) is 25.7 Å². The van der Waals surface area contributed by atoms with Crippen molar-refractivity contribution >= 4 is 11.6 Å². The van der Waals surface area contributed by atoms with E-state index < -0.39 is 5.82 Å². The van der Waals surface area contributed by atoms with Crippen LogP contribution in [-0.4, -0.2) is 10.1 Å². The minimum atomic E-state index is -0.417. The highest BCUT2D eigenvalue weighted by molar-refractivity contribution is 6.33. The van der Waals surface area contributed by atoms with Crippen LogP contribution < -0.4 is 0 Å². The first-order chi connectivity index (χ1) is 9.11. The minimum Gasteiger partial charge on any atom is -0.339 e. The summed E-state index contributed by atoms with van der Waals surface area (Å²) < 4.78 is 18.1. The van der Waals surface area contributed by atoms with Gasteiger partial charge in [-0.05, 0) is 24.6 Å². The monoisotopic (exact) mass is 279 g/mol. The van der Waals surface area contributed by atoms with E-state index in [1.165, 1.54) is 18.2 Å². The van der Waals surface area contributed by atoms with Crippen LogP contribution in [0.4, 0.5) is 4.39 Å². The predicted octanol–water partition coefficient (Wildman–Crippen LogP) is 3.94. The second-order valence-electron chi connectivity index (χ2n) is 4.18. The molecule has 0 saturated carbocycles. The summed E-state index contributed by atoms with van der Waals surface area (Å²) in [5.74, 6) is 0.356. The van der Waals surface area contributed by atoms with Crippen LogP contribution in [0.2, 0.25) is 5.02 Å². The molecule has 0 radical (unpaired) electrons. The van der Waals surface area contributed by atoms with Gasteiger partial charge in [0.15, 0.2) is 0 Å². The lowest BCUT2D eigenvalue weighted by Crippen LogP contribution is -1.93. The van der Waals surface area contributed by atoms with Gasteiger partial charge in [0.05, 0.1) is 11.1 Å². The Balaban J connectivity index is 2.23. The lowest BCUT2D eigenvalue weighted by atomic mass is 10.1. The van der Waals surface area contributed by atoms with Gasteiger partial charge in [-0.15, -0.1) is 0 Å². The molecule has 0 N–H and O–H groups in total. The Kier molecular flexibility index (Phi) is 4.13. The summed E-state index contributed by atoms with van der Waals surface area (Å²) >= 11 is 5.93. The number of rotatable bonds is 4. The highest BCUT2D eigenvalue weighted by atomic mass is 35.5. The zero-order valence-electron chi connectivity index (χ0n) is 10.2. The molecular formula is C13H11ClFN3O. The van der Waals surface area contributed by atoms with Crippen LogP contribution in [0.25, 0.3) is 11.4 Å². The second kappa shape index (κ2) is 5.81. The first kappa shape index (κ1) is 13.5. The number of hydrogen-bond donors (Lipinski definition) is 0. The Morgan fingerprint density at radius 1 is 1.53 bits per heavy atom. The van der Waals surface area contributed by atoms with Crippen molar-refractivity contribution < 1.29 is 8.91 Å². The average molecular weight is 280 g/mol. The number of aromatic nitrogens is 2. The van der Waals surface area contributed by atoms with Crippen molar-refractivity contribution in [2.75, 3.05) is 0 Å². The molecule has 0 amide bonds. The van der Waals surface area contributed by atoms with Gasteiger partial charge in [-0.2, -0.15) is 10.2 Å². The fourth-order valence-corrected chi connectivity index (χ4v) is 1.87. The first-order valence-electron chi connectivity index (χ1n) is 5.77. The highest BCUT2D eigenvalue weighted by Crippen LogP contribution is 2.28. The van der Waals surface area contributed by atoms with E-state index in [4.69, 9.17) is 21.4 Å². The molecular weight excluding hydrogens is 269 g/mol. The molecule has 6 heteroatoms. The Bertz CT molecular complexity index is 621. The minimum absolute atomic E-state index is 0.000115. The fourth-order valence-electron chi connectivity index (χ4n) is 1.62. The maximum atomic E-state index is 13.0. The molecule has 1 atom stereocenters. The SMILES string of the molecule is CC(CCC#N)c1nc(-c2ccc(F)cc2Cl)no1. The van der Waals surface area contributed by atoms with Crippen molar-refractivity contribution in [2.24, 2.45) is 0 Å². The zero-order chi connectivity index (χ0) is 13.8. The molecule has 0 aliphatic heterocycles. The van der Waals surface area contributed by atoms with Gasteiger partial charge in [0.25, 0.3) is 0 Å². The maximum Gasteiger partial charge on any atom is 0.229 e. The quantitative estimate of drug-likeness (QED) is 0.850. The Morgan fingerprint density at radius 2 is 2.32 bits per heavy atom. The molecule has 0 aliphatic carbocycles. The molecule has 1 heterocycles. The predicted molar refractivity (Wildman–Crippen MR) is 68.0 cm³/mol. The van der Waals surface area contributed by atoms with E-state index in [1.54, 1.807) is 0 Å². The van der Waals surface area contributed by atoms with E-state index in [1.807, 2.05) is 6.92 Å². The van der Waals surface area contributed by atoms with E-state index in [2.05, 4.69) is 16.2 Å².